The molecule has 0 aromatic heterocycles. The molecule has 0 bridgehead atoms. The van der Waals surface area contributed by atoms with Gasteiger partial charge in [0.15, 0.2) is 0 Å². The molecule has 18 heavy (non-hydrogen) atoms. The summed E-state index contributed by atoms with van der Waals surface area (Å²) in [5.74, 6) is -1.96. The minimum Gasteiger partial charge on any atom is -0.481 e. The number of nitrogens with one attached hydrogen (secondary N) is 2. The van der Waals surface area contributed by atoms with Gasteiger partial charge in [0.1, 0.15) is 0 Å². The lowest BCUT2D eigenvalue weighted by Crippen LogP contribution is -2.42. The van der Waals surface area contributed by atoms with Gasteiger partial charge in [-0.15, -0.1) is 0 Å². The summed E-state index contributed by atoms with van der Waals surface area (Å²) < 4.78 is 0. The predicted molar refractivity (Wildman–Crippen MR) is 64.2 cm³/mol. The van der Waals surface area contributed by atoms with Crippen molar-refractivity contribution in [2.24, 2.45) is 0 Å². The first kappa shape index (κ1) is 16.4. The van der Waals surface area contributed by atoms with Crippen LogP contribution in [0.5, 0.6) is 0 Å². The average molecular weight is 260 g/mol. The first-order valence-corrected chi connectivity index (χ1v) is 5.88. The quantitative estimate of drug-likeness (QED) is 0.405. The minimum atomic E-state index is -0.885. The van der Waals surface area contributed by atoms with Gasteiger partial charge < -0.3 is 20.8 Å². The van der Waals surface area contributed by atoms with E-state index in [4.69, 9.17) is 10.2 Å². The molecule has 0 aliphatic rings. The van der Waals surface area contributed by atoms with Crippen LogP contribution in [-0.2, 0) is 14.4 Å². The number of carboxylic acid groups (broad SMARTS) is 2. The first-order valence-electron chi connectivity index (χ1n) is 5.88. The molecule has 1 unspecified atom stereocenters. The summed E-state index contributed by atoms with van der Waals surface area (Å²) in [4.78, 5) is 32.0. The topological polar surface area (TPSA) is 116 Å². The Balaban J connectivity index is 3.57. The van der Waals surface area contributed by atoms with E-state index in [9.17, 15) is 14.4 Å². The van der Waals surface area contributed by atoms with Crippen molar-refractivity contribution in [3.05, 3.63) is 0 Å². The number of hydrogen-bond donors (Lipinski definition) is 4. The van der Waals surface area contributed by atoms with E-state index in [-0.39, 0.29) is 18.7 Å². The van der Waals surface area contributed by atoms with Gasteiger partial charge in [0.25, 0.3) is 0 Å². The van der Waals surface area contributed by atoms with Gasteiger partial charge in [-0.3, -0.25) is 14.4 Å². The molecule has 0 rings (SSSR count). The monoisotopic (exact) mass is 260 g/mol. The molecular weight excluding hydrogens is 240 g/mol. The van der Waals surface area contributed by atoms with Crippen LogP contribution >= 0.6 is 0 Å². The maximum absolute atomic E-state index is 11.5. The Labute approximate surface area is 106 Å². The van der Waals surface area contributed by atoms with Gasteiger partial charge in [-0.25, -0.2) is 0 Å². The minimum absolute atomic E-state index is 0.0285. The molecule has 0 saturated heterocycles. The van der Waals surface area contributed by atoms with Crippen molar-refractivity contribution in [2.45, 2.75) is 38.6 Å². The number of carbonyl (C=O) groups is 3. The number of carboxylic acids is 2. The molecule has 4 N–H and O–H groups in total. The van der Waals surface area contributed by atoms with Crippen LogP contribution in [0.1, 0.15) is 32.6 Å². The van der Waals surface area contributed by atoms with Crippen molar-refractivity contribution < 1.29 is 24.6 Å². The molecule has 0 fully saturated rings. The summed E-state index contributed by atoms with van der Waals surface area (Å²) in [5, 5.41) is 22.3. The van der Waals surface area contributed by atoms with Crippen molar-refractivity contribution in [3.63, 3.8) is 0 Å². The highest BCUT2D eigenvalue weighted by atomic mass is 16.4. The van der Waals surface area contributed by atoms with E-state index in [1.165, 1.54) is 0 Å². The normalized spacial score (nSPS) is 11.8. The number of carbonyl (C=O) groups excluding carboxylic acids is 1. The highest BCUT2D eigenvalue weighted by Crippen LogP contribution is 1.90. The fourth-order valence-electron chi connectivity index (χ4n) is 1.26. The summed E-state index contributed by atoms with van der Waals surface area (Å²) in [7, 11) is 0. The highest BCUT2D eigenvalue weighted by Gasteiger charge is 2.11. The van der Waals surface area contributed by atoms with E-state index in [0.29, 0.717) is 25.9 Å². The van der Waals surface area contributed by atoms with E-state index < -0.39 is 18.0 Å². The number of rotatable bonds is 10. The van der Waals surface area contributed by atoms with Crippen LogP contribution in [0.25, 0.3) is 0 Å². The van der Waals surface area contributed by atoms with E-state index in [2.05, 4.69) is 10.6 Å². The van der Waals surface area contributed by atoms with Crippen LogP contribution in [0.4, 0.5) is 0 Å². The number of hydrogen-bond acceptors (Lipinski definition) is 4. The molecule has 0 spiro atoms. The van der Waals surface area contributed by atoms with Crippen molar-refractivity contribution in [1.29, 1.82) is 0 Å². The van der Waals surface area contributed by atoms with Crippen LogP contribution < -0.4 is 10.6 Å². The van der Waals surface area contributed by atoms with Gasteiger partial charge in [-0.2, -0.15) is 0 Å². The van der Waals surface area contributed by atoms with Crippen LogP contribution in [0.3, 0.4) is 0 Å². The van der Waals surface area contributed by atoms with Crippen LogP contribution in [0.15, 0.2) is 0 Å². The Morgan fingerprint density at radius 3 is 2.00 bits per heavy atom. The smallest absolute Gasteiger partial charge is 0.303 e. The van der Waals surface area contributed by atoms with Crippen molar-refractivity contribution in [1.82, 2.24) is 10.6 Å². The van der Waals surface area contributed by atoms with Gasteiger partial charge in [0.05, 0.1) is 6.04 Å². The Hall–Kier alpha value is -1.63. The Bertz CT molecular complexity index is 293. The molecule has 1 amide bonds. The molecule has 0 aromatic rings. The van der Waals surface area contributed by atoms with Crippen LogP contribution in [-0.4, -0.2) is 47.2 Å². The summed E-state index contributed by atoms with van der Waals surface area (Å²) in [6, 6.07) is -0.413. The molecule has 104 valence electrons. The van der Waals surface area contributed by atoms with Crippen LogP contribution in [0, 0.1) is 0 Å². The first-order chi connectivity index (χ1) is 8.43. The molecule has 0 radical (unpaired) electrons. The highest BCUT2D eigenvalue weighted by molar-refractivity contribution is 5.81. The van der Waals surface area contributed by atoms with E-state index in [1.807, 2.05) is 0 Å². The molecule has 0 aliphatic carbocycles. The summed E-state index contributed by atoms with van der Waals surface area (Å²) in [6.07, 6.45) is 0.958. The SMILES string of the molecule is CC(NCCCC(=O)O)C(=O)NCCCC(=O)O. The second kappa shape index (κ2) is 9.41. The van der Waals surface area contributed by atoms with Gasteiger partial charge in [0.2, 0.25) is 5.91 Å². The Kier molecular flexibility index (Phi) is 8.55. The maximum Gasteiger partial charge on any atom is 0.303 e. The van der Waals surface area contributed by atoms with Crippen LogP contribution in [0.2, 0.25) is 0 Å². The third kappa shape index (κ3) is 9.59. The van der Waals surface area contributed by atoms with Gasteiger partial charge in [-0.1, -0.05) is 0 Å². The average Bonchev–Trinajstić information content (AvgIpc) is 2.29. The van der Waals surface area contributed by atoms with E-state index in [1.54, 1.807) is 6.92 Å². The van der Waals surface area contributed by atoms with Crippen molar-refractivity contribution >= 4 is 17.8 Å². The molecule has 7 heteroatoms. The van der Waals surface area contributed by atoms with Gasteiger partial charge >= 0.3 is 11.9 Å². The molecular formula is C11H20N2O5. The molecule has 0 aliphatic heterocycles. The lowest BCUT2D eigenvalue weighted by Gasteiger charge is -2.13. The molecule has 1 atom stereocenters. The maximum atomic E-state index is 11.5. The second-order valence-corrected chi connectivity index (χ2v) is 3.96. The molecule has 0 heterocycles. The standard InChI is InChI=1S/C11H20N2O5/c1-8(12-6-2-4-9(14)15)11(18)13-7-3-5-10(16)17/h8,12H,2-7H2,1H3,(H,13,18)(H,14,15)(H,16,17). The Morgan fingerprint density at radius 2 is 1.50 bits per heavy atom. The zero-order valence-electron chi connectivity index (χ0n) is 10.4. The summed E-state index contributed by atoms with van der Waals surface area (Å²) >= 11 is 0. The Morgan fingerprint density at radius 1 is 1.00 bits per heavy atom. The zero-order chi connectivity index (χ0) is 14.0. The fraction of sp³-hybridized carbons (Fsp3) is 0.727. The van der Waals surface area contributed by atoms with E-state index >= 15 is 0 Å². The summed E-state index contributed by atoms with van der Waals surface area (Å²) in [6.45, 7) is 2.45. The van der Waals surface area contributed by atoms with Crippen molar-refractivity contribution in [2.75, 3.05) is 13.1 Å². The summed E-state index contributed by atoms with van der Waals surface area (Å²) in [5.41, 5.74) is 0. The fourth-order valence-corrected chi connectivity index (χ4v) is 1.26. The third-order valence-corrected chi connectivity index (χ3v) is 2.28. The van der Waals surface area contributed by atoms with E-state index in [0.717, 1.165) is 0 Å². The second-order valence-electron chi connectivity index (χ2n) is 3.96. The van der Waals surface area contributed by atoms with Crippen molar-refractivity contribution in [3.8, 4) is 0 Å². The van der Waals surface area contributed by atoms with Gasteiger partial charge in [0, 0.05) is 19.4 Å². The number of amides is 1. The number of aliphatic carboxylic acids is 2. The largest absolute Gasteiger partial charge is 0.481 e. The lowest BCUT2D eigenvalue weighted by atomic mass is 10.2. The predicted octanol–water partition coefficient (Wildman–Crippen LogP) is -0.190. The third-order valence-electron chi connectivity index (χ3n) is 2.28. The molecule has 0 saturated carbocycles. The van der Waals surface area contributed by atoms with Gasteiger partial charge in [-0.05, 0) is 26.3 Å². The molecule has 7 nitrogen and oxygen atoms in total. The zero-order valence-corrected chi connectivity index (χ0v) is 10.4. The lowest BCUT2D eigenvalue weighted by molar-refractivity contribution is -0.138. The molecule has 0 aromatic carbocycles.